The number of nitrogens with one attached hydrogen (secondary N) is 2. The number of piperazine rings is 1. The molecule has 1 amide bonds. The highest BCUT2D eigenvalue weighted by atomic mass is 35.5. The van der Waals surface area contributed by atoms with Crippen LogP contribution in [0.5, 0.6) is 5.75 Å². The molecule has 5 aliphatic rings. The molecule has 2 aromatic carbocycles. The quantitative estimate of drug-likeness (QED) is 0.284. The first-order valence-electron chi connectivity index (χ1n) is 20.2. The monoisotopic (exact) mass is 812 g/mol. The van der Waals surface area contributed by atoms with Crippen molar-refractivity contribution in [1.29, 1.82) is 0 Å². The maximum absolute atomic E-state index is 13.4. The van der Waals surface area contributed by atoms with Crippen molar-refractivity contribution in [3.63, 3.8) is 0 Å². The van der Waals surface area contributed by atoms with Crippen LogP contribution in [0.15, 0.2) is 48.6 Å². The number of fused-ring (bicyclic) bond motifs is 4. The molecule has 2 aliphatic carbocycles. The summed E-state index contributed by atoms with van der Waals surface area (Å²) < 4.78 is 46.5. The molecule has 56 heavy (non-hydrogen) atoms. The Bertz CT molecular complexity index is 1870. The summed E-state index contributed by atoms with van der Waals surface area (Å²) in [6, 6.07) is 11.3. The molecular formula is C43H61ClN4O7S. The Morgan fingerprint density at radius 3 is 2.54 bits per heavy atom. The molecule has 2 bridgehead atoms. The van der Waals surface area contributed by atoms with E-state index in [-0.39, 0.29) is 34.3 Å². The van der Waals surface area contributed by atoms with Gasteiger partial charge in [-0.15, -0.1) is 0 Å². The number of anilines is 1. The van der Waals surface area contributed by atoms with Crippen LogP contribution in [0.25, 0.3) is 0 Å². The van der Waals surface area contributed by atoms with Crippen molar-refractivity contribution in [2.75, 3.05) is 71.6 Å². The number of allylic oxidation sites excluding steroid dienone is 1. The highest BCUT2D eigenvalue weighted by molar-refractivity contribution is 7.90. The van der Waals surface area contributed by atoms with E-state index in [2.05, 4.69) is 45.8 Å². The zero-order chi connectivity index (χ0) is 40.3. The molecular weight excluding hydrogens is 752 g/mol. The fourth-order valence-electron chi connectivity index (χ4n) is 9.40. The Balaban J connectivity index is 0.000000380. The first kappa shape index (κ1) is 42.6. The van der Waals surface area contributed by atoms with Gasteiger partial charge < -0.3 is 24.4 Å². The van der Waals surface area contributed by atoms with Crippen molar-refractivity contribution in [1.82, 2.24) is 14.9 Å². The standard InChI is InChI=1S/C34H41ClN2O6S.C9H20N2O/c1-22-6-4-15-34(20-38,42-3)29-11-8-26(29)18-37-19-33(14-5-7-24-16-27(35)10-12-28(24)33)21-43-31-13-9-25(17-30(31)37)32(39)36-44(40,41)23(22)2;1-9(2,8-12-3)11-6-4-10-5-7-11/h4,9-10,12-13,15-17,20,22-23,26,29H,5-8,11,14,18-19,21H2,1-3H3,(H,36,39);10H,4-8H2,1-3H3/b15-4+;/t22-,23+,26-,29+,33-,34+;/m0./s1. The smallest absolute Gasteiger partial charge is 0.264 e. The van der Waals surface area contributed by atoms with Crippen molar-refractivity contribution in [2.24, 2.45) is 17.8 Å². The topological polar surface area (TPSA) is 127 Å². The molecule has 6 atom stereocenters. The Labute approximate surface area is 338 Å². The van der Waals surface area contributed by atoms with Crippen LogP contribution in [-0.4, -0.2) is 109 Å². The van der Waals surface area contributed by atoms with Gasteiger partial charge in [0.05, 0.1) is 24.2 Å². The maximum Gasteiger partial charge on any atom is 0.264 e. The van der Waals surface area contributed by atoms with E-state index >= 15 is 0 Å². The number of sulfonamides is 1. The molecule has 3 aliphatic heterocycles. The average molecular weight is 814 g/mol. The number of methoxy groups -OCH3 is 2. The second-order valence-electron chi connectivity index (χ2n) is 17.2. The van der Waals surface area contributed by atoms with Gasteiger partial charge in [0.15, 0.2) is 6.29 Å². The summed E-state index contributed by atoms with van der Waals surface area (Å²) in [7, 11) is -0.639. The first-order valence-corrected chi connectivity index (χ1v) is 22.1. The van der Waals surface area contributed by atoms with Crippen LogP contribution >= 0.6 is 11.6 Å². The predicted molar refractivity (Wildman–Crippen MR) is 221 cm³/mol. The largest absolute Gasteiger partial charge is 0.490 e. The van der Waals surface area contributed by atoms with E-state index in [0.29, 0.717) is 36.9 Å². The van der Waals surface area contributed by atoms with Gasteiger partial charge in [0, 0.05) is 80.9 Å². The predicted octanol–water partition coefficient (Wildman–Crippen LogP) is 5.78. The van der Waals surface area contributed by atoms with E-state index in [0.717, 1.165) is 76.9 Å². The minimum absolute atomic E-state index is 0.0434. The number of hydrogen-bond acceptors (Lipinski definition) is 10. The van der Waals surface area contributed by atoms with Crippen LogP contribution in [0.4, 0.5) is 5.69 Å². The van der Waals surface area contributed by atoms with E-state index < -0.39 is 26.8 Å². The molecule has 3 heterocycles. The molecule has 11 nitrogen and oxygen atoms in total. The van der Waals surface area contributed by atoms with Crippen LogP contribution < -0.4 is 19.7 Å². The molecule has 1 saturated carbocycles. The van der Waals surface area contributed by atoms with Gasteiger partial charge in [-0.2, -0.15) is 0 Å². The number of benzene rings is 2. The third kappa shape index (κ3) is 8.85. The van der Waals surface area contributed by atoms with E-state index in [1.807, 2.05) is 25.1 Å². The van der Waals surface area contributed by atoms with Gasteiger partial charge in [-0.25, -0.2) is 13.1 Å². The number of nitrogens with zero attached hydrogens (tertiary/aromatic N) is 2. The second-order valence-corrected chi connectivity index (χ2v) is 19.7. The Hall–Kier alpha value is -3.00. The number of carbonyl (C=O) groups excluding carboxylic acids is 2. The van der Waals surface area contributed by atoms with Crippen LogP contribution in [0.3, 0.4) is 0 Å². The number of aldehydes is 1. The van der Waals surface area contributed by atoms with Gasteiger partial charge in [0.1, 0.15) is 11.4 Å². The Morgan fingerprint density at radius 2 is 1.86 bits per heavy atom. The van der Waals surface area contributed by atoms with Crippen LogP contribution in [0.2, 0.25) is 5.02 Å². The molecule has 0 radical (unpaired) electrons. The summed E-state index contributed by atoms with van der Waals surface area (Å²) in [6.45, 7) is 14.9. The molecule has 0 unspecified atom stereocenters. The molecule has 2 fully saturated rings. The van der Waals surface area contributed by atoms with Gasteiger partial charge >= 0.3 is 0 Å². The van der Waals surface area contributed by atoms with Gasteiger partial charge in [-0.05, 0) is 119 Å². The van der Waals surface area contributed by atoms with Gasteiger partial charge in [-0.1, -0.05) is 30.7 Å². The van der Waals surface area contributed by atoms with Crippen molar-refractivity contribution >= 4 is 39.5 Å². The normalized spacial score (nSPS) is 31.2. The van der Waals surface area contributed by atoms with Crippen molar-refractivity contribution in [3.05, 3.63) is 70.3 Å². The number of hydrogen-bond donors (Lipinski definition) is 2. The van der Waals surface area contributed by atoms with E-state index in [1.54, 1.807) is 39.3 Å². The highest BCUT2D eigenvalue weighted by Crippen LogP contribution is 2.48. The van der Waals surface area contributed by atoms with Crippen LogP contribution in [0.1, 0.15) is 81.3 Å². The zero-order valence-corrected chi connectivity index (χ0v) is 35.5. The molecule has 7 rings (SSSR count). The molecule has 0 aromatic heterocycles. The number of aryl methyl sites for hydroxylation is 1. The second kappa shape index (κ2) is 17.5. The molecule has 1 spiro atoms. The number of halogens is 1. The summed E-state index contributed by atoms with van der Waals surface area (Å²) >= 11 is 6.40. The lowest BCUT2D eigenvalue weighted by atomic mass is 9.64. The average Bonchev–Trinajstić information content (AvgIpc) is 3.32. The molecule has 2 N–H and O–H groups in total. The fourth-order valence-corrected chi connectivity index (χ4v) is 10.9. The van der Waals surface area contributed by atoms with Crippen LogP contribution in [0, 0.1) is 17.8 Å². The molecule has 308 valence electrons. The number of amides is 1. The van der Waals surface area contributed by atoms with E-state index in [1.165, 1.54) is 11.1 Å². The van der Waals surface area contributed by atoms with Gasteiger partial charge in [0.25, 0.3) is 5.91 Å². The minimum Gasteiger partial charge on any atom is -0.490 e. The fraction of sp³-hybridized carbons (Fsp3) is 0.628. The lowest BCUT2D eigenvalue weighted by Crippen LogP contribution is -2.55. The molecule has 2 aromatic rings. The summed E-state index contributed by atoms with van der Waals surface area (Å²) in [4.78, 5) is 30.9. The summed E-state index contributed by atoms with van der Waals surface area (Å²) in [5.41, 5.74) is 2.24. The molecule has 13 heteroatoms. The lowest BCUT2D eigenvalue weighted by Gasteiger charge is -2.48. The third-order valence-electron chi connectivity index (χ3n) is 13.2. The summed E-state index contributed by atoms with van der Waals surface area (Å²) in [5.74, 6) is -0.203. The highest BCUT2D eigenvalue weighted by Gasteiger charge is 2.49. The maximum atomic E-state index is 13.4. The van der Waals surface area contributed by atoms with Gasteiger partial charge in [0.2, 0.25) is 10.0 Å². The van der Waals surface area contributed by atoms with Crippen molar-refractivity contribution < 1.29 is 32.2 Å². The Morgan fingerprint density at radius 1 is 1.09 bits per heavy atom. The first-order chi connectivity index (χ1) is 26.7. The Kier molecular flexibility index (Phi) is 13.3. The summed E-state index contributed by atoms with van der Waals surface area (Å²) in [5, 5.41) is 3.22. The summed E-state index contributed by atoms with van der Waals surface area (Å²) in [6.07, 6.45) is 9.65. The van der Waals surface area contributed by atoms with E-state index in [4.69, 9.17) is 25.8 Å². The van der Waals surface area contributed by atoms with Crippen LogP contribution in [-0.2, 0) is 36.1 Å². The minimum atomic E-state index is -3.97. The SMILES string of the molecule is COCC(C)(C)N1CCNCC1.CO[C@@]1(C=O)/C=C/C[C@H](C)[C@@H](C)S(=O)(=O)NC(=O)c2ccc3c(c2)N(C[C@@H]2CC[C@H]21)C[C@@]1(CCCc2cc(Cl)ccc21)CO3. The number of carbonyl (C=O) groups is 2. The lowest BCUT2D eigenvalue weighted by molar-refractivity contribution is -0.135. The third-order valence-corrected chi connectivity index (χ3v) is 15.3. The number of ether oxygens (including phenoxy) is 3. The zero-order valence-electron chi connectivity index (χ0n) is 33.9. The van der Waals surface area contributed by atoms with E-state index in [9.17, 15) is 18.0 Å². The molecule has 1 saturated heterocycles. The number of rotatable bonds is 5. The van der Waals surface area contributed by atoms with Crippen molar-refractivity contribution in [3.8, 4) is 5.75 Å². The van der Waals surface area contributed by atoms with Gasteiger partial charge in [-0.3, -0.25) is 14.5 Å². The van der Waals surface area contributed by atoms with Crippen molar-refractivity contribution in [2.45, 2.75) is 88.0 Å².